The number of nitrogens with zero attached hydrogens (tertiary/aromatic N) is 3. The van der Waals surface area contributed by atoms with Crippen LogP contribution in [0.1, 0.15) is 5.56 Å². The highest BCUT2D eigenvalue weighted by Gasteiger charge is 2.12. The zero-order chi connectivity index (χ0) is 15.4. The molecule has 1 N–H and O–H groups in total. The molecule has 0 amide bonds. The minimum atomic E-state index is -0.377. The lowest BCUT2D eigenvalue weighted by Crippen LogP contribution is -2.02. The van der Waals surface area contributed by atoms with Gasteiger partial charge in [-0.25, -0.2) is 4.98 Å². The highest BCUT2D eigenvalue weighted by molar-refractivity contribution is 7.14. The second kappa shape index (κ2) is 6.31. The summed E-state index contributed by atoms with van der Waals surface area (Å²) in [6.07, 6.45) is 1.72. The summed E-state index contributed by atoms with van der Waals surface area (Å²) in [5, 5.41) is 16.7. The van der Waals surface area contributed by atoms with Gasteiger partial charge in [-0.2, -0.15) is 0 Å². The Bertz CT molecular complexity index is 789. The lowest BCUT2D eigenvalue weighted by molar-refractivity contribution is -0.385. The summed E-state index contributed by atoms with van der Waals surface area (Å²) < 4.78 is 0. The Morgan fingerprint density at radius 3 is 2.73 bits per heavy atom. The largest absolute Gasteiger partial charge is 0.357 e. The van der Waals surface area contributed by atoms with Gasteiger partial charge in [-0.1, -0.05) is 24.3 Å². The lowest BCUT2D eigenvalue weighted by atomic mass is 10.2. The van der Waals surface area contributed by atoms with Crippen molar-refractivity contribution in [3.8, 4) is 11.4 Å². The smallest absolute Gasteiger partial charge is 0.274 e. The van der Waals surface area contributed by atoms with Crippen molar-refractivity contribution in [3.05, 3.63) is 69.7 Å². The quantitative estimate of drug-likeness (QED) is 0.573. The zero-order valence-corrected chi connectivity index (χ0v) is 12.3. The fourth-order valence-electron chi connectivity index (χ4n) is 2.00. The van der Waals surface area contributed by atoms with Gasteiger partial charge in [0.2, 0.25) is 0 Å². The number of para-hydroxylation sites is 1. The Balaban J connectivity index is 1.73. The first-order chi connectivity index (χ1) is 10.7. The maximum atomic E-state index is 11.0. The molecule has 0 aliphatic carbocycles. The first-order valence-electron chi connectivity index (χ1n) is 6.57. The van der Waals surface area contributed by atoms with Crippen LogP contribution < -0.4 is 5.32 Å². The Labute approximate surface area is 130 Å². The monoisotopic (exact) mass is 312 g/mol. The fourth-order valence-corrected chi connectivity index (χ4v) is 2.70. The Morgan fingerprint density at radius 2 is 1.95 bits per heavy atom. The van der Waals surface area contributed by atoms with E-state index in [9.17, 15) is 10.1 Å². The van der Waals surface area contributed by atoms with Gasteiger partial charge in [0, 0.05) is 29.8 Å². The third-order valence-electron chi connectivity index (χ3n) is 3.05. The van der Waals surface area contributed by atoms with Crippen LogP contribution in [-0.4, -0.2) is 14.9 Å². The minimum Gasteiger partial charge on any atom is -0.357 e. The molecule has 2 heterocycles. The molecule has 0 aliphatic heterocycles. The highest BCUT2D eigenvalue weighted by atomic mass is 32.1. The summed E-state index contributed by atoms with van der Waals surface area (Å²) >= 11 is 1.45. The molecule has 0 bridgehead atoms. The average molecular weight is 312 g/mol. The predicted molar refractivity (Wildman–Crippen MR) is 85.8 cm³/mol. The summed E-state index contributed by atoms with van der Waals surface area (Å²) in [6, 6.07) is 12.3. The maximum absolute atomic E-state index is 11.0. The average Bonchev–Trinajstić information content (AvgIpc) is 3.03. The summed E-state index contributed by atoms with van der Waals surface area (Å²) in [5.41, 5.74) is 2.33. The van der Waals surface area contributed by atoms with E-state index in [0.717, 1.165) is 11.4 Å². The van der Waals surface area contributed by atoms with Gasteiger partial charge in [-0.15, -0.1) is 11.3 Å². The van der Waals surface area contributed by atoms with Crippen LogP contribution in [-0.2, 0) is 6.54 Å². The van der Waals surface area contributed by atoms with Gasteiger partial charge in [0.1, 0.15) is 5.69 Å². The maximum Gasteiger partial charge on any atom is 0.274 e. The van der Waals surface area contributed by atoms with E-state index in [1.807, 2.05) is 23.6 Å². The van der Waals surface area contributed by atoms with Crippen LogP contribution in [0.4, 0.5) is 10.8 Å². The SMILES string of the molecule is O=[N+]([O-])c1ccccc1CNc1nc(-c2ccccn2)cs1. The summed E-state index contributed by atoms with van der Waals surface area (Å²) in [7, 11) is 0. The van der Waals surface area contributed by atoms with Gasteiger partial charge in [0.15, 0.2) is 5.13 Å². The third-order valence-corrected chi connectivity index (χ3v) is 3.85. The molecular formula is C15H12N4O2S. The van der Waals surface area contributed by atoms with Crippen molar-refractivity contribution in [1.29, 1.82) is 0 Å². The number of hydrogen-bond donors (Lipinski definition) is 1. The van der Waals surface area contributed by atoms with E-state index in [0.29, 0.717) is 17.2 Å². The molecule has 0 fully saturated rings. The molecule has 0 saturated carbocycles. The lowest BCUT2D eigenvalue weighted by Gasteiger charge is -2.03. The number of nitro benzene ring substituents is 1. The topological polar surface area (TPSA) is 81.0 Å². The van der Waals surface area contributed by atoms with Crippen LogP contribution in [0.5, 0.6) is 0 Å². The van der Waals surface area contributed by atoms with E-state index in [-0.39, 0.29) is 10.6 Å². The van der Waals surface area contributed by atoms with Gasteiger partial charge >= 0.3 is 0 Å². The molecule has 110 valence electrons. The first-order valence-corrected chi connectivity index (χ1v) is 7.45. The van der Waals surface area contributed by atoms with Crippen LogP contribution in [0.2, 0.25) is 0 Å². The number of thiazole rings is 1. The second-order valence-electron chi connectivity index (χ2n) is 4.49. The molecule has 22 heavy (non-hydrogen) atoms. The van der Waals surface area contributed by atoms with Crippen LogP contribution in [0.3, 0.4) is 0 Å². The number of benzene rings is 1. The van der Waals surface area contributed by atoms with Crippen molar-refractivity contribution in [2.45, 2.75) is 6.54 Å². The van der Waals surface area contributed by atoms with Crippen molar-refractivity contribution < 1.29 is 4.92 Å². The predicted octanol–water partition coefficient (Wildman–Crippen LogP) is 3.73. The number of hydrogen-bond acceptors (Lipinski definition) is 6. The van der Waals surface area contributed by atoms with Crippen LogP contribution in [0.15, 0.2) is 54.0 Å². The first kappa shape index (κ1) is 14.2. The molecule has 0 spiro atoms. The molecular weight excluding hydrogens is 300 g/mol. The number of aromatic nitrogens is 2. The van der Waals surface area contributed by atoms with E-state index in [1.54, 1.807) is 24.4 Å². The van der Waals surface area contributed by atoms with Crippen molar-refractivity contribution in [1.82, 2.24) is 9.97 Å². The third kappa shape index (κ3) is 3.09. The van der Waals surface area contributed by atoms with Crippen molar-refractivity contribution in [2.75, 3.05) is 5.32 Å². The zero-order valence-electron chi connectivity index (χ0n) is 11.5. The second-order valence-corrected chi connectivity index (χ2v) is 5.35. The van der Waals surface area contributed by atoms with Crippen molar-refractivity contribution in [3.63, 3.8) is 0 Å². The Hall–Kier alpha value is -2.80. The van der Waals surface area contributed by atoms with Gasteiger partial charge in [0.05, 0.1) is 10.6 Å². The van der Waals surface area contributed by atoms with E-state index in [2.05, 4.69) is 15.3 Å². The van der Waals surface area contributed by atoms with Crippen molar-refractivity contribution >= 4 is 22.2 Å². The van der Waals surface area contributed by atoms with Gasteiger partial charge < -0.3 is 5.32 Å². The molecule has 1 aromatic carbocycles. The van der Waals surface area contributed by atoms with E-state index in [4.69, 9.17) is 0 Å². The number of nitro groups is 1. The molecule has 0 saturated heterocycles. The van der Waals surface area contributed by atoms with E-state index in [1.165, 1.54) is 17.4 Å². The Morgan fingerprint density at radius 1 is 1.14 bits per heavy atom. The van der Waals surface area contributed by atoms with Crippen LogP contribution in [0, 0.1) is 10.1 Å². The van der Waals surface area contributed by atoms with Gasteiger partial charge in [-0.3, -0.25) is 15.1 Å². The normalized spacial score (nSPS) is 10.4. The molecule has 0 unspecified atom stereocenters. The van der Waals surface area contributed by atoms with E-state index >= 15 is 0 Å². The summed E-state index contributed by atoms with van der Waals surface area (Å²) in [5.74, 6) is 0. The minimum absolute atomic E-state index is 0.108. The number of rotatable bonds is 5. The number of nitrogens with one attached hydrogen (secondary N) is 1. The number of pyridine rings is 1. The fraction of sp³-hybridized carbons (Fsp3) is 0.0667. The molecule has 2 aromatic heterocycles. The van der Waals surface area contributed by atoms with Crippen LogP contribution in [0.25, 0.3) is 11.4 Å². The standard InChI is InChI=1S/C15H12N4O2S/c20-19(21)14-7-2-1-5-11(14)9-17-15-18-13(10-22-15)12-6-3-4-8-16-12/h1-8,10H,9H2,(H,17,18). The Kier molecular flexibility index (Phi) is 4.06. The van der Waals surface area contributed by atoms with Gasteiger partial charge in [0.25, 0.3) is 5.69 Å². The molecule has 3 aromatic rings. The molecule has 7 heteroatoms. The molecule has 3 rings (SSSR count). The summed E-state index contributed by atoms with van der Waals surface area (Å²) in [6.45, 7) is 0.353. The molecule has 0 atom stereocenters. The van der Waals surface area contributed by atoms with E-state index < -0.39 is 0 Å². The molecule has 0 aliphatic rings. The summed E-state index contributed by atoms with van der Waals surface area (Å²) in [4.78, 5) is 19.3. The van der Waals surface area contributed by atoms with Crippen LogP contribution >= 0.6 is 11.3 Å². The van der Waals surface area contributed by atoms with Crippen molar-refractivity contribution in [2.24, 2.45) is 0 Å². The van der Waals surface area contributed by atoms with Gasteiger partial charge in [-0.05, 0) is 12.1 Å². The number of anilines is 1. The highest BCUT2D eigenvalue weighted by Crippen LogP contribution is 2.25. The molecule has 0 radical (unpaired) electrons. The molecule has 6 nitrogen and oxygen atoms in total.